The molecule has 0 heterocycles. The molecular formula is C18H18O3. The van der Waals surface area contributed by atoms with E-state index in [-0.39, 0.29) is 6.42 Å². The summed E-state index contributed by atoms with van der Waals surface area (Å²) in [6, 6.07) is 18.7. The van der Waals surface area contributed by atoms with Gasteiger partial charge in [-0.2, -0.15) is 0 Å². The molecule has 2 aromatic carbocycles. The van der Waals surface area contributed by atoms with Crippen LogP contribution in [0, 0.1) is 0 Å². The number of rotatable bonds is 5. The predicted molar refractivity (Wildman–Crippen MR) is 80.7 cm³/mol. The SMILES string of the molecule is CCCC(=O)OC(=O)C(c1ccccc1)c1ccccc1. The number of esters is 2. The van der Waals surface area contributed by atoms with Gasteiger partial charge in [0.15, 0.2) is 0 Å². The molecule has 0 amide bonds. The molecule has 0 radical (unpaired) electrons. The van der Waals surface area contributed by atoms with E-state index in [0.29, 0.717) is 6.42 Å². The van der Waals surface area contributed by atoms with Crippen molar-refractivity contribution in [2.24, 2.45) is 0 Å². The van der Waals surface area contributed by atoms with Crippen molar-refractivity contribution < 1.29 is 14.3 Å². The Labute approximate surface area is 124 Å². The number of carbonyl (C=O) groups is 2. The fraction of sp³-hybridized carbons (Fsp3) is 0.222. The third kappa shape index (κ3) is 4.02. The molecule has 0 aromatic heterocycles. The Morgan fingerprint density at radius 3 is 1.81 bits per heavy atom. The summed E-state index contributed by atoms with van der Waals surface area (Å²) in [7, 11) is 0. The summed E-state index contributed by atoms with van der Waals surface area (Å²) in [4.78, 5) is 24.0. The van der Waals surface area contributed by atoms with Gasteiger partial charge in [0.1, 0.15) is 5.92 Å². The van der Waals surface area contributed by atoms with Crippen LogP contribution >= 0.6 is 0 Å². The lowest BCUT2D eigenvalue weighted by Crippen LogP contribution is -2.20. The average Bonchev–Trinajstić information content (AvgIpc) is 2.50. The topological polar surface area (TPSA) is 43.4 Å². The first-order valence-corrected chi connectivity index (χ1v) is 7.06. The van der Waals surface area contributed by atoms with Crippen LogP contribution < -0.4 is 0 Å². The Morgan fingerprint density at radius 2 is 1.38 bits per heavy atom. The van der Waals surface area contributed by atoms with Crippen molar-refractivity contribution in [1.29, 1.82) is 0 Å². The number of benzene rings is 2. The van der Waals surface area contributed by atoms with Crippen LogP contribution in [-0.2, 0) is 14.3 Å². The molecule has 108 valence electrons. The minimum absolute atomic E-state index is 0.252. The highest BCUT2D eigenvalue weighted by Gasteiger charge is 2.25. The van der Waals surface area contributed by atoms with Crippen molar-refractivity contribution in [3.63, 3.8) is 0 Å². The van der Waals surface area contributed by atoms with Gasteiger partial charge >= 0.3 is 11.9 Å². The second-order valence-electron chi connectivity index (χ2n) is 4.80. The van der Waals surface area contributed by atoms with Crippen molar-refractivity contribution in [1.82, 2.24) is 0 Å². The molecule has 0 saturated carbocycles. The van der Waals surface area contributed by atoms with E-state index in [1.807, 2.05) is 67.6 Å². The maximum atomic E-state index is 12.4. The highest BCUT2D eigenvalue weighted by atomic mass is 16.6. The molecule has 0 aliphatic carbocycles. The molecule has 0 aliphatic rings. The predicted octanol–water partition coefficient (Wildman–Crippen LogP) is 3.69. The second-order valence-corrected chi connectivity index (χ2v) is 4.80. The molecule has 0 spiro atoms. The maximum absolute atomic E-state index is 12.4. The number of carbonyl (C=O) groups excluding carboxylic acids is 2. The molecule has 3 nitrogen and oxygen atoms in total. The summed E-state index contributed by atoms with van der Waals surface area (Å²) in [6.07, 6.45) is 0.912. The summed E-state index contributed by atoms with van der Waals surface area (Å²) in [5, 5.41) is 0. The molecule has 0 fully saturated rings. The largest absolute Gasteiger partial charge is 0.392 e. The highest BCUT2D eigenvalue weighted by molar-refractivity contribution is 5.91. The number of hydrogen-bond donors (Lipinski definition) is 0. The van der Waals surface area contributed by atoms with E-state index in [0.717, 1.165) is 11.1 Å². The van der Waals surface area contributed by atoms with Crippen LogP contribution in [0.15, 0.2) is 60.7 Å². The van der Waals surface area contributed by atoms with E-state index in [2.05, 4.69) is 0 Å². The van der Waals surface area contributed by atoms with Gasteiger partial charge in [-0.3, -0.25) is 9.59 Å². The van der Waals surface area contributed by atoms with Crippen molar-refractivity contribution in [2.75, 3.05) is 0 Å². The van der Waals surface area contributed by atoms with Crippen LogP contribution in [0.2, 0.25) is 0 Å². The van der Waals surface area contributed by atoms with E-state index in [1.54, 1.807) is 0 Å². The highest BCUT2D eigenvalue weighted by Crippen LogP contribution is 2.26. The van der Waals surface area contributed by atoms with E-state index < -0.39 is 17.9 Å². The monoisotopic (exact) mass is 282 g/mol. The summed E-state index contributed by atoms with van der Waals surface area (Å²) in [5.41, 5.74) is 1.64. The van der Waals surface area contributed by atoms with Gasteiger partial charge in [0.2, 0.25) is 0 Å². The minimum atomic E-state index is -0.576. The van der Waals surface area contributed by atoms with Crippen LogP contribution in [0.5, 0.6) is 0 Å². The van der Waals surface area contributed by atoms with E-state index in [4.69, 9.17) is 4.74 Å². The molecular weight excluding hydrogens is 264 g/mol. The van der Waals surface area contributed by atoms with Crippen LogP contribution in [-0.4, -0.2) is 11.9 Å². The number of hydrogen-bond acceptors (Lipinski definition) is 3. The van der Waals surface area contributed by atoms with Crippen molar-refractivity contribution in [3.8, 4) is 0 Å². The second kappa shape index (κ2) is 7.39. The molecule has 0 N–H and O–H groups in total. The van der Waals surface area contributed by atoms with Crippen LogP contribution in [0.3, 0.4) is 0 Å². The first-order chi connectivity index (χ1) is 10.2. The lowest BCUT2D eigenvalue weighted by molar-refractivity contribution is -0.160. The van der Waals surface area contributed by atoms with Crippen LogP contribution in [0.4, 0.5) is 0 Å². The first kappa shape index (κ1) is 15.0. The van der Waals surface area contributed by atoms with Crippen molar-refractivity contribution in [2.45, 2.75) is 25.7 Å². The summed E-state index contributed by atoms with van der Waals surface area (Å²) in [5.74, 6) is -1.57. The van der Waals surface area contributed by atoms with Crippen LogP contribution in [0.25, 0.3) is 0 Å². The standard InChI is InChI=1S/C18H18O3/c1-2-9-16(19)21-18(20)17(14-10-5-3-6-11-14)15-12-7-4-8-13-15/h3-8,10-13,17H,2,9H2,1H3. The van der Waals surface area contributed by atoms with Crippen LogP contribution in [0.1, 0.15) is 36.8 Å². The summed E-state index contributed by atoms with van der Waals surface area (Å²) >= 11 is 0. The smallest absolute Gasteiger partial charge is 0.325 e. The van der Waals surface area contributed by atoms with Gasteiger partial charge in [0.05, 0.1) is 0 Å². The van der Waals surface area contributed by atoms with Gasteiger partial charge in [-0.1, -0.05) is 67.6 Å². The lowest BCUT2D eigenvalue weighted by Gasteiger charge is -2.16. The maximum Gasteiger partial charge on any atom is 0.325 e. The Balaban J connectivity index is 2.29. The van der Waals surface area contributed by atoms with Gasteiger partial charge in [-0.15, -0.1) is 0 Å². The molecule has 0 bridgehead atoms. The fourth-order valence-electron chi connectivity index (χ4n) is 2.18. The van der Waals surface area contributed by atoms with Gasteiger partial charge in [0.25, 0.3) is 0 Å². The molecule has 2 aromatic rings. The van der Waals surface area contributed by atoms with Gasteiger partial charge in [-0.25, -0.2) is 0 Å². The Kier molecular flexibility index (Phi) is 5.27. The van der Waals surface area contributed by atoms with E-state index >= 15 is 0 Å². The van der Waals surface area contributed by atoms with Gasteiger partial charge < -0.3 is 4.74 Å². The third-order valence-corrected chi connectivity index (χ3v) is 3.17. The minimum Gasteiger partial charge on any atom is -0.392 e. The molecule has 0 atom stereocenters. The molecule has 2 rings (SSSR count). The first-order valence-electron chi connectivity index (χ1n) is 7.06. The zero-order valence-corrected chi connectivity index (χ0v) is 12.0. The molecule has 21 heavy (non-hydrogen) atoms. The molecule has 0 aliphatic heterocycles. The van der Waals surface area contributed by atoms with E-state index in [1.165, 1.54) is 0 Å². The Bertz CT molecular complexity index is 551. The Hall–Kier alpha value is -2.42. The lowest BCUT2D eigenvalue weighted by atomic mass is 9.91. The fourth-order valence-corrected chi connectivity index (χ4v) is 2.18. The molecule has 0 saturated heterocycles. The average molecular weight is 282 g/mol. The Morgan fingerprint density at radius 1 is 0.905 bits per heavy atom. The van der Waals surface area contributed by atoms with Crippen molar-refractivity contribution >= 4 is 11.9 Å². The van der Waals surface area contributed by atoms with E-state index in [9.17, 15) is 9.59 Å². The number of ether oxygens (including phenoxy) is 1. The zero-order valence-electron chi connectivity index (χ0n) is 12.0. The molecule has 3 heteroatoms. The van der Waals surface area contributed by atoms with Gasteiger partial charge in [0, 0.05) is 6.42 Å². The quantitative estimate of drug-likeness (QED) is 0.620. The summed E-state index contributed by atoms with van der Waals surface area (Å²) in [6.45, 7) is 1.87. The summed E-state index contributed by atoms with van der Waals surface area (Å²) < 4.78 is 4.98. The molecule has 0 unspecified atom stereocenters. The third-order valence-electron chi connectivity index (χ3n) is 3.17. The van der Waals surface area contributed by atoms with Crippen molar-refractivity contribution in [3.05, 3.63) is 71.8 Å². The normalized spacial score (nSPS) is 10.4. The zero-order chi connectivity index (χ0) is 15.1. The van der Waals surface area contributed by atoms with Gasteiger partial charge in [-0.05, 0) is 17.5 Å².